The lowest BCUT2D eigenvalue weighted by molar-refractivity contribution is -0.115. The number of nitrogens with one attached hydrogen (secondary N) is 2. The standard InChI is InChI=1S/C39H33N2O/c42-39(36-29-17-6-18-30-36,40-37(31-19-7-1-8-20-31)32-21-9-2-10-22-32)41-38(33-23-11-3-12-24-33,34-25-13-4-14-26-34)35-27-15-5-16-28-35/h1-30,37,40-41H. The SMILES string of the molecule is [O]C(NC(c1ccccc1)c1ccccc1)(NC(c1ccccc1)(c1ccccc1)c1ccccc1)c1ccccc1. The van der Waals surface area contributed by atoms with Crippen molar-refractivity contribution in [2.75, 3.05) is 0 Å². The molecule has 0 aromatic heterocycles. The van der Waals surface area contributed by atoms with Gasteiger partial charge in [-0.25, -0.2) is 0 Å². The number of hydrogen-bond acceptors (Lipinski definition) is 2. The predicted octanol–water partition coefficient (Wildman–Crippen LogP) is 8.19. The lowest BCUT2D eigenvalue weighted by Crippen LogP contribution is -2.62. The Kier molecular flexibility index (Phi) is 8.07. The highest BCUT2D eigenvalue weighted by Gasteiger charge is 2.46. The summed E-state index contributed by atoms with van der Waals surface area (Å²) in [5.41, 5.74) is 4.53. The number of rotatable bonds is 10. The molecule has 0 heterocycles. The summed E-state index contributed by atoms with van der Waals surface area (Å²) in [7, 11) is 0. The molecule has 1 atom stereocenters. The Morgan fingerprint density at radius 2 is 0.667 bits per heavy atom. The zero-order chi connectivity index (χ0) is 28.7. The molecule has 0 fully saturated rings. The second-order valence-electron chi connectivity index (χ2n) is 10.4. The summed E-state index contributed by atoms with van der Waals surface area (Å²) in [6.45, 7) is 0. The van der Waals surface area contributed by atoms with Crippen LogP contribution in [0.25, 0.3) is 0 Å². The minimum absolute atomic E-state index is 0.377. The fourth-order valence-electron chi connectivity index (χ4n) is 5.76. The van der Waals surface area contributed by atoms with E-state index in [2.05, 4.69) is 71.3 Å². The monoisotopic (exact) mass is 545 g/mol. The molecule has 0 spiro atoms. The Hall–Kier alpha value is -4.80. The fourth-order valence-corrected chi connectivity index (χ4v) is 5.76. The van der Waals surface area contributed by atoms with Gasteiger partial charge in [0, 0.05) is 5.56 Å². The molecule has 0 amide bonds. The topological polar surface area (TPSA) is 44.0 Å². The van der Waals surface area contributed by atoms with Crippen molar-refractivity contribution in [1.82, 2.24) is 10.6 Å². The molecule has 6 aromatic carbocycles. The van der Waals surface area contributed by atoms with E-state index >= 15 is 5.11 Å². The summed E-state index contributed by atoms with van der Waals surface area (Å²) in [5, 5.41) is 23.1. The number of hydrogen-bond donors (Lipinski definition) is 2. The second kappa shape index (κ2) is 12.4. The molecule has 0 aliphatic heterocycles. The first-order valence-electron chi connectivity index (χ1n) is 14.3. The molecule has 205 valence electrons. The van der Waals surface area contributed by atoms with Gasteiger partial charge in [-0.3, -0.25) is 10.6 Å². The van der Waals surface area contributed by atoms with Crippen LogP contribution in [0.4, 0.5) is 0 Å². The molecular weight excluding hydrogens is 512 g/mol. The highest BCUT2D eigenvalue weighted by molar-refractivity contribution is 5.50. The van der Waals surface area contributed by atoms with Crippen LogP contribution in [0.5, 0.6) is 0 Å². The van der Waals surface area contributed by atoms with Crippen LogP contribution in [0.3, 0.4) is 0 Å². The third-order valence-corrected chi connectivity index (χ3v) is 7.78. The van der Waals surface area contributed by atoms with E-state index in [0.717, 1.165) is 27.8 Å². The van der Waals surface area contributed by atoms with Crippen molar-refractivity contribution in [3.8, 4) is 0 Å². The molecule has 3 heteroatoms. The third-order valence-electron chi connectivity index (χ3n) is 7.78. The highest BCUT2D eigenvalue weighted by atomic mass is 16.3. The maximum absolute atomic E-state index is 15.8. The summed E-state index contributed by atoms with van der Waals surface area (Å²) >= 11 is 0. The molecule has 0 saturated heterocycles. The zero-order valence-corrected chi connectivity index (χ0v) is 23.3. The summed E-state index contributed by atoms with van der Waals surface area (Å²) in [5.74, 6) is -1.93. The van der Waals surface area contributed by atoms with Gasteiger partial charge in [0.15, 0.2) is 0 Å². The van der Waals surface area contributed by atoms with E-state index in [-0.39, 0.29) is 6.04 Å². The molecule has 42 heavy (non-hydrogen) atoms. The predicted molar refractivity (Wildman–Crippen MR) is 169 cm³/mol. The van der Waals surface area contributed by atoms with Crippen LogP contribution in [0.15, 0.2) is 182 Å². The molecule has 3 nitrogen and oxygen atoms in total. The average molecular weight is 546 g/mol. The molecule has 0 bridgehead atoms. The van der Waals surface area contributed by atoms with Crippen molar-refractivity contribution in [3.05, 3.63) is 215 Å². The van der Waals surface area contributed by atoms with E-state index in [1.807, 2.05) is 121 Å². The molecule has 6 aromatic rings. The minimum Gasteiger partial charge on any atom is -0.259 e. The summed E-state index contributed by atoms with van der Waals surface area (Å²) < 4.78 is 0. The van der Waals surface area contributed by atoms with Gasteiger partial charge in [-0.05, 0) is 27.8 Å². The third kappa shape index (κ3) is 5.54. The largest absolute Gasteiger partial charge is 0.259 e. The van der Waals surface area contributed by atoms with Crippen molar-refractivity contribution in [2.24, 2.45) is 0 Å². The maximum Gasteiger partial charge on any atom is 0.236 e. The summed E-state index contributed by atoms with van der Waals surface area (Å²) in [4.78, 5) is 0. The summed E-state index contributed by atoms with van der Waals surface area (Å²) in [6.07, 6.45) is 0. The van der Waals surface area contributed by atoms with Crippen LogP contribution in [-0.2, 0) is 16.5 Å². The smallest absolute Gasteiger partial charge is 0.236 e. The highest BCUT2D eigenvalue weighted by Crippen LogP contribution is 2.40. The lowest BCUT2D eigenvalue weighted by atomic mass is 9.76. The van der Waals surface area contributed by atoms with Crippen LogP contribution >= 0.6 is 0 Å². The van der Waals surface area contributed by atoms with Gasteiger partial charge in [0.1, 0.15) is 0 Å². The van der Waals surface area contributed by atoms with Crippen LogP contribution in [0.1, 0.15) is 39.4 Å². The van der Waals surface area contributed by atoms with E-state index in [4.69, 9.17) is 0 Å². The number of benzene rings is 6. The van der Waals surface area contributed by atoms with Gasteiger partial charge in [-0.15, -0.1) is 0 Å². The fraction of sp³-hybridized carbons (Fsp3) is 0.0769. The van der Waals surface area contributed by atoms with Gasteiger partial charge in [0.25, 0.3) is 0 Å². The Morgan fingerprint density at radius 3 is 1.00 bits per heavy atom. The first-order chi connectivity index (χ1) is 20.7. The Balaban J connectivity index is 1.59. The summed E-state index contributed by atoms with van der Waals surface area (Å²) in [6, 6.07) is 60.2. The molecule has 0 aliphatic carbocycles. The normalized spacial score (nSPS) is 13.0. The van der Waals surface area contributed by atoms with Gasteiger partial charge in [0.05, 0.1) is 11.6 Å². The van der Waals surface area contributed by atoms with Crippen LogP contribution < -0.4 is 10.6 Å². The molecule has 6 rings (SSSR count). The first-order valence-corrected chi connectivity index (χ1v) is 14.3. The van der Waals surface area contributed by atoms with Crippen molar-refractivity contribution < 1.29 is 5.11 Å². The zero-order valence-electron chi connectivity index (χ0n) is 23.3. The lowest BCUT2D eigenvalue weighted by Gasteiger charge is -2.44. The minimum atomic E-state index is -1.93. The second-order valence-corrected chi connectivity index (χ2v) is 10.4. The van der Waals surface area contributed by atoms with Crippen LogP contribution in [0, 0.1) is 0 Å². The Bertz CT molecular complexity index is 1530. The Morgan fingerprint density at radius 1 is 0.381 bits per heavy atom. The van der Waals surface area contributed by atoms with E-state index in [0.29, 0.717) is 5.56 Å². The van der Waals surface area contributed by atoms with Gasteiger partial charge in [-0.1, -0.05) is 182 Å². The van der Waals surface area contributed by atoms with Gasteiger partial charge < -0.3 is 0 Å². The van der Waals surface area contributed by atoms with E-state index in [1.54, 1.807) is 0 Å². The van der Waals surface area contributed by atoms with E-state index in [1.165, 1.54) is 0 Å². The molecule has 1 radical (unpaired) electrons. The van der Waals surface area contributed by atoms with Crippen molar-refractivity contribution in [3.63, 3.8) is 0 Å². The maximum atomic E-state index is 15.8. The van der Waals surface area contributed by atoms with Crippen molar-refractivity contribution in [2.45, 2.75) is 17.4 Å². The van der Waals surface area contributed by atoms with Crippen molar-refractivity contribution >= 4 is 0 Å². The molecule has 0 saturated carbocycles. The van der Waals surface area contributed by atoms with E-state index < -0.39 is 11.4 Å². The quantitative estimate of drug-likeness (QED) is 0.135. The van der Waals surface area contributed by atoms with E-state index in [9.17, 15) is 0 Å². The molecule has 1 unspecified atom stereocenters. The Labute approximate surface area is 248 Å². The van der Waals surface area contributed by atoms with Crippen molar-refractivity contribution in [1.29, 1.82) is 0 Å². The molecular formula is C39H33N2O. The van der Waals surface area contributed by atoms with Crippen LogP contribution in [0.2, 0.25) is 0 Å². The molecule has 2 N–H and O–H groups in total. The first kappa shape index (κ1) is 27.4. The van der Waals surface area contributed by atoms with Gasteiger partial charge in [0.2, 0.25) is 5.85 Å². The average Bonchev–Trinajstić information content (AvgIpc) is 3.08. The molecule has 0 aliphatic rings. The van der Waals surface area contributed by atoms with Crippen LogP contribution in [-0.4, -0.2) is 0 Å². The van der Waals surface area contributed by atoms with Gasteiger partial charge >= 0.3 is 0 Å². The van der Waals surface area contributed by atoms with Gasteiger partial charge in [-0.2, -0.15) is 5.11 Å².